The highest BCUT2D eigenvalue weighted by Crippen LogP contribution is 2.56. The zero-order valence-electron chi connectivity index (χ0n) is 23.8. The molecule has 4 aliphatic rings. The van der Waals surface area contributed by atoms with Crippen LogP contribution >= 0.6 is 0 Å². The summed E-state index contributed by atoms with van der Waals surface area (Å²) in [7, 11) is 6.35. The van der Waals surface area contributed by atoms with Crippen LogP contribution in [0.25, 0.3) is 16.9 Å². The number of ether oxygens (including phenoxy) is 2. The van der Waals surface area contributed by atoms with E-state index in [0.29, 0.717) is 33.9 Å². The predicted octanol–water partition coefficient (Wildman–Crippen LogP) is 0.541. The highest BCUT2D eigenvalue weighted by atomic mass is 16.7. The quantitative estimate of drug-likeness (QED) is 0.269. The summed E-state index contributed by atoms with van der Waals surface area (Å²) in [5.74, 6) is -6.12. The van der Waals surface area contributed by atoms with E-state index in [4.69, 9.17) is 15.2 Å². The number of carbonyl (C=O) groups excluding carboxylic acids is 3. The van der Waals surface area contributed by atoms with Crippen LogP contribution in [0.2, 0.25) is 0 Å². The second-order valence-electron chi connectivity index (χ2n) is 11.8. The van der Waals surface area contributed by atoms with E-state index in [-0.39, 0.29) is 30.1 Å². The number of primary amides is 1. The van der Waals surface area contributed by atoms with Crippen LogP contribution in [0, 0.1) is 5.92 Å². The monoisotopic (exact) mass is 593 g/mol. The lowest BCUT2D eigenvalue weighted by molar-refractivity contribution is -0.202. The van der Waals surface area contributed by atoms with Crippen molar-refractivity contribution in [2.24, 2.45) is 11.7 Å². The summed E-state index contributed by atoms with van der Waals surface area (Å²) in [6, 6.07) is 5.13. The minimum atomic E-state index is -3.20. The fourth-order valence-electron chi connectivity index (χ4n) is 7.07. The molecule has 1 amide bonds. The molecular formula is C30H31N3O10. The summed E-state index contributed by atoms with van der Waals surface area (Å²) in [5, 5.41) is 58.2. The first-order valence-corrected chi connectivity index (χ1v) is 13.5. The van der Waals surface area contributed by atoms with Crippen LogP contribution in [-0.2, 0) is 20.8 Å². The van der Waals surface area contributed by atoms with Crippen LogP contribution in [-0.4, -0.2) is 100 Å². The van der Waals surface area contributed by atoms with E-state index in [1.54, 1.807) is 43.3 Å². The molecule has 0 aromatic heterocycles. The van der Waals surface area contributed by atoms with Gasteiger partial charge in [-0.25, -0.2) is 0 Å². The van der Waals surface area contributed by atoms with Crippen molar-refractivity contribution in [3.05, 3.63) is 52.3 Å². The Bertz CT molecular complexity index is 1710. The Morgan fingerprint density at radius 2 is 1.70 bits per heavy atom. The number of ketones is 2. The number of aliphatic hydroxyl groups is 4. The molecule has 0 radical (unpaired) electrons. The van der Waals surface area contributed by atoms with Crippen LogP contribution in [0.15, 0.2) is 41.2 Å². The van der Waals surface area contributed by atoms with E-state index < -0.39 is 64.1 Å². The van der Waals surface area contributed by atoms with Gasteiger partial charge in [0.05, 0.1) is 5.56 Å². The zero-order chi connectivity index (χ0) is 31.3. The van der Waals surface area contributed by atoms with Crippen LogP contribution < -0.4 is 20.1 Å². The minimum absolute atomic E-state index is 0.0167. The average Bonchev–Trinajstić information content (AvgIpc) is 3.38. The molecule has 1 saturated carbocycles. The third-order valence-corrected chi connectivity index (χ3v) is 8.95. The second-order valence-corrected chi connectivity index (χ2v) is 11.8. The Balaban J connectivity index is 1.60. The molecule has 0 bridgehead atoms. The van der Waals surface area contributed by atoms with Crippen molar-refractivity contribution in [1.82, 2.24) is 4.90 Å². The topological polar surface area (TPSA) is 203 Å². The summed E-state index contributed by atoms with van der Waals surface area (Å²) in [6.45, 7) is 0.0442. The molecule has 226 valence electrons. The number of amides is 1. The van der Waals surface area contributed by atoms with E-state index >= 15 is 0 Å². The number of anilines is 1. The standard InChI is InChI=1S/C30H31N3O10/c1-32(2)16-9-14(12-5-6-17-18(8-12)43-11-42-17)22(34)20-15(16)7-13-10-29(40)25(33(3)4)24(36)21(28(31)39)27(38)30(29,41)26(37)19(13)23(20)35/h5-6,8-9,13,25,34-35,38,40-41H,7,10-11H2,1-4H3,(H2,31,39)/t13-,25+,29+,30-/m0/s1. The summed E-state index contributed by atoms with van der Waals surface area (Å²) < 4.78 is 10.9. The molecule has 3 aliphatic carbocycles. The molecule has 2 aromatic rings. The van der Waals surface area contributed by atoms with Crippen LogP contribution in [0.5, 0.6) is 17.2 Å². The van der Waals surface area contributed by atoms with Gasteiger partial charge in [0, 0.05) is 30.9 Å². The number of aromatic hydroxyl groups is 1. The number of fused-ring (bicyclic) bond motifs is 4. The fourth-order valence-corrected chi connectivity index (χ4v) is 7.07. The largest absolute Gasteiger partial charge is 0.508 e. The number of Topliss-reactive ketones (excluding diaryl/α,β-unsaturated/α-hetero) is 2. The number of hydrogen-bond acceptors (Lipinski definition) is 12. The van der Waals surface area contributed by atoms with Gasteiger partial charge in [0.15, 0.2) is 23.0 Å². The second kappa shape index (κ2) is 9.20. The molecule has 4 atom stereocenters. The molecule has 7 N–H and O–H groups in total. The number of phenolic OH excluding ortho intramolecular Hbond substituents is 1. The number of carbonyl (C=O) groups is 3. The van der Waals surface area contributed by atoms with Gasteiger partial charge in [-0.15, -0.1) is 0 Å². The molecule has 6 rings (SSSR count). The molecule has 0 unspecified atom stereocenters. The lowest BCUT2D eigenvalue weighted by Gasteiger charge is -2.55. The first-order valence-electron chi connectivity index (χ1n) is 13.5. The van der Waals surface area contributed by atoms with Gasteiger partial charge in [0.1, 0.15) is 28.7 Å². The highest BCUT2D eigenvalue weighted by molar-refractivity contribution is 6.25. The number of rotatable bonds is 4. The molecule has 1 heterocycles. The minimum Gasteiger partial charge on any atom is -0.508 e. The number of benzene rings is 2. The Morgan fingerprint density at radius 3 is 2.33 bits per heavy atom. The van der Waals surface area contributed by atoms with E-state index in [1.807, 2.05) is 0 Å². The maximum atomic E-state index is 14.2. The summed E-state index contributed by atoms with van der Waals surface area (Å²) in [4.78, 5) is 42.7. The molecular weight excluding hydrogens is 562 g/mol. The Hall–Kier alpha value is -4.59. The third kappa shape index (κ3) is 3.58. The van der Waals surface area contributed by atoms with Crippen molar-refractivity contribution in [2.75, 3.05) is 39.9 Å². The SMILES string of the molecule is CN(C)c1cc(-c2ccc3c(c2)OCO3)c(O)c2c1C[C@H]1C[C@@]3(O)[C@H](N(C)C)C(=O)C(C(N)=O)=C(O)[C@@]3(O)C(=O)C1=C2O. The van der Waals surface area contributed by atoms with Gasteiger partial charge in [-0.3, -0.25) is 19.3 Å². The Morgan fingerprint density at radius 1 is 1.02 bits per heavy atom. The van der Waals surface area contributed by atoms with Gasteiger partial charge in [-0.2, -0.15) is 0 Å². The first-order chi connectivity index (χ1) is 20.1. The molecule has 0 saturated heterocycles. The van der Waals surface area contributed by atoms with Gasteiger partial charge in [-0.1, -0.05) is 6.07 Å². The molecule has 13 heteroatoms. The maximum Gasteiger partial charge on any atom is 0.255 e. The molecule has 1 aliphatic heterocycles. The fraction of sp³-hybridized carbons (Fsp3) is 0.367. The van der Waals surface area contributed by atoms with Crippen molar-refractivity contribution in [3.63, 3.8) is 0 Å². The van der Waals surface area contributed by atoms with Gasteiger partial charge in [0.25, 0.3) is 5.91 Å². The number of likely N-dealkylation sites (N-methyl/N-ethyl adjacent to an activating group) is 1. The molecule has 0 spiro atoms. The Kier molecular flexibility index (Phi) is 6.11. The van der Waals surface area contributed by atoms with E-state index in [9.17, 15) is 39.9 Å². The van der Waals surface area contributed by atoms with Crippen molar-refractivity contribution in [1.29, 1.82) is 0 Å². The van der Waals surface area contributed by atoms with E-state index in [2.05, 4.69) is 0 Å². The zero-order valence-corrected chi connectivity index (χ0v) is 23.8. The number of nitrogens with two attached hydrogens (primary N) is 1. The normalized spacial score (nSPS) is 27.7. The average molecular weight is 594 g/mol. The molecule has 2 aromatic carbocycles. The first kappa shape index (κ1) is 28.5. The van der Waals surface area contributed by atoms with Gasteiger partial charge in [-0.05, 0) is 62.2 Å². The Labute approximate surface area is 245 Å². The highest BCUT2D eigenvalue weighted by Gasteiger charge is 2.72. The van der Waals surface area contributed by atoms with Gasteiger partial charge >= 0.3 is 0 Å². The van der Waals surface area contributed by atoms with Crippen LogP contribution in [0.4, 0.5) is 5.69 Å². The lowest BCUT2D eigenvalue weighted by Crippen LogP contribution is -2.76. The smallest absolute Gasteiger partial charge is 0.255 e. The van der Waals surface area contributed by atoms with E-state index in [1.165, 1.54) is 19.0 Å². The molecule has 43 heavy (non-hydrogen) atoms. The predicted molar refractivity (Wildman–Crippen MR) is 152 cm³/mol. The van der Waals surface area contributed by atoms with Crippen molar-refractivity contribution in [2.45, 2.75) is 30.1 Å². The number of phenols is 1. The third-order valence-electron chi connectivity index (χ3n) is 8.95. The molecule has 13 nitrogen and oxygen atoms in total. The number of nitrogens with zero attached hydrogens (tertiary/aromatic N) is 2. The van der Waals surface area contributed by atoms with Gasteiger partial charge < -0.3 is 45.6 Å². The number of hydrogen-bond donors (Lipinski definition) is 6. The summed E-state index contributed by atoms with van der Waals surface area (Å²) in [6.07, 6.45) is -0.445. The lowest BCUT2D eigenvalue weighted by atomic mass is 9.55. The van der Waals surface area contributed by atoms with Crippen molar-refractivity contribution >= 4 is 28.9 Å². The van der Waals surface area contributed by atoms with Crippen molar-refractivity contribution in [3.8, 4) is 28.4 Å². The summed E-state index contributed by atoms with van der Waals surface area (Å²) in [5.41, 5.74) is -0.0193. The van der Waals surface area contributed by atoms with Crippen LogP contribution in [0.3, 0.4) is 0 Å². The number of aliphatic hydroxyl groups excluding tert-OH is 2. The summed E-state index contributed by atoms with van der Waals surface area (Å²) >= 11 is 0. The maximum absolute atomic E-state index is 14.2. The van der Waals surface area contributed by atoms with Crippen LogP contribution in [0.1, 0.15) is 17.5 Å². The van der Waals surface area contributed by atoms with Gasteiger partial charge in [0.2, 0.25) is 18.2 Å². The molecule has 1 fully saturated rings. The van der Waals surface area contributed by atoms with E-state index in [0.717, 1.165) is 0 Å². The van der Waals surface area contributed by atoms with Crippen molar-refractivity contribution < 1.29 is 49.4 Å².